The summed E-state index contributed by atoms with van der Waals surface area (Å²) in [5.41, 5.74) is 2.75. The first kappa shape index (κ1) is 16.8. The van der Waals surface area contributed by atoms with E-state index in [1.165, 1.54) is 37.1 Å². The highest BCUT2D eigenvalue weighted by Gasteiger charge is 2.22. The molecule has 21 heavy (non-hydrogen) atoms. The lowest BCUT2D eigenvalue weighted by Gasteiger charge is -2.38. The highest BCUT2D eigenvalue weighted by molar-refractivity contribution is 9.10. The number of halogens is 1. The molecule has 0 aliphatic carbocycles. The highest BCUT2D eigenvalue weighted by Crippen LogP contribution is 2.27. The summed E-state index contributed by atoms with van der Waals surface area (Å²) >= 11 is 3.61. The summed E-state index contributed by atoms with van der Waals surface area (Å²) in [5.74, 6) is 0. The topological polar surface area (TPSA) is 18.5 Å². The van der Waals surface area contributed by atoms with Gasteiger partial charge in [0, 0.05) is 36.3 Å². The molecule has 0 amide bonds. The summed E-state index contributed by atoms with van der Waals surface area (Å²) < 4.78 is 1.16. The molecule has 0 saturated carbocycles. The largest absolute Gasteiger partial charge is 0.370 e. The zero-order valence-electron chi connectivity index (χ0n) is 13.5. The molecule has 1 atom stereocenters. The van der Waals surface area contributed by atoms with Gasteiger partial charge in [-0.25, -0.2) is 0 Å². The number of nitrogens with one attached hydrogen (secondary N) is 1. The Kier molecular flexibility index (Phi) is 6.52. The van der Waals surface area contributed by atoms with Crippen LogP contribution in [0, 0.1) is 0 Å². The molecule has 118 valence electrons. The molecule has 1 N–H and O–H groups in total. The van der Waals surface area contributed by atoms with Crippen LogP contribution < -0.4 is 10.2 Å². The molecule has 1 unspecified atom stereocenters. The molecule has 0 aromatic heterocycles. The van der Waals surface area contributed by atoms with Crippen LogP contribution in [0.5, 0.6) is 0 Å². The average molecular weight is 354 g/mol. The fraction of sp³-hybridized carbons (Fsp3) is 0.647. The molecule has 0 bridgehead atoms. The van der Waals surface area contributed by atoms with Crippen molar-refractivity contribution >= 4 is 21.6 Å². The van der Waals surface area contributed by atoms with Crippen LogP contribution in [0.15, 0.2) is 22.7 Å². The molecule has 1 aliphatic heterocycles. The van der Waals surface area contributed by atoms with E-state index < -0.39 is 0 Å². The molecule has 1 aliphatic rings. The number of rotatable bonds is 6. The van der Waals surface area contributed by atoms with Crippen LogP contribution in [-0.2, 0) is 6.54 Å². The van der Waals surface area contributed by atoms with Crippen molar-refractivity contribution in [3.05, 3.63) is 28.2 Å². The fourth-order valence-corrected chi connectivity index (χ4v) is 3.50. The van der Waals surface area contributed by atoms with Crippen molar-refractivity contribution < 1.29 is 0 Å². The minimum atomic E-state index is 0.620. The van der Waals surface area contributed by atoms with E-state index in [9.17, 15) is 0 Å². The predicted octanol–water partition coefficient (Wildman–Crippen LogP) is 3.48. The Hall–Kier alpha value is -0.580. The van der Waals surface area contributed by atoms with Crippen molar-refractivity contribution in [2.24, 2.45) is 0 Å². The summed E-state index contributed by atoms with van der Waals surface area (Å²) in [6, 6.07) is 7.28. The van der Waals surface area contributed by atoms with Gasteiger partial charge in [-0.1, -0.05) is 22.9 Å². The third-order valence-corrected chi connectivity index (χ3v) is 4.80. The number of piperidine rings is 1. The first-order valence-corrected chi connectivity index (χ1v) is 8.81. The third kappa shape index (κ3) is 4.70. The van der Waals surface area contributed by atoms with Crippen LogP contribution in [0.1, 0.15) is 31.7 Å². The molecule has 1 fully saturated rings. The smallest absolute Gasteiger partial charge is 0.0414 e. The van der Waals surface area contributed by atoms with Gasteiger partial charge in [0.15, 0.2) is 0 Å². The second kappa shape index (κ2) is 8.16. The maximum absolute atomic E-state index is 3.61. The van der Waals surface area contributed by atoms with Gasteiger partial charge in [-0.05, 0) is 63.2 Å². The molecule has 1 saturated heterocycles. The fourth-order valence-electron chi connectivity index (χ4n) is 3.09. The van der Waals surface area contributed by atoms with E-state index in [1.807, 2.05) is 0 Å². The summed E-state index contributed by atoms with van der Waals surface area (Å²) in [6.07, 6.45) is 3.76. The van der Waals surface area contributed by atoms with E-state index in [4.69, 9.17) is 0 Å². The van der Waals surface area contributed by atoms with Crippen LogP contribution in [0.4, 0.5) is 5.69 Å². The molecular weight excluding hydrogens is 326 g/mol. The monoisotopic (exact) mass is 353 g/mol. The van der Waals surface area contributed by atoms with Crippen molar-refractivity contribution in [3.63, 3.8) is 0 Å². The zero-order chi connectivity index (χ0) is 15.2. The third-order valence-electron chi connectivity index (χ3n) is 4.31. The molecule has 0 spiro atoms. The standard InChI is InChI=1S/C17H28BrN3/c1-4-9-19-12-14-11-15(18)7-8-17(14)21(3)16-6-5-10-20(2)13-16/h7-8,11,16,19H,4-6,9-10,12-13H2,1-3H3. The SMILES string of the molecule is CCCNCc1cc(Br)ccc1N(C)C1CCCN(C)C1. The van der Waals surface area contributed by atoms with Crippen LogP contribution in [0.25, 0.3) is 0 Å². The molecule has 1 heterocycles. The van der Waals surface area contributed by atoms with Gasteiger partial charge in [-0.15, -0.1) is 0 Å². The van der Waals surface area contributed by atoms with E-state index in [0.717, 1.165) is 24.1 Å². The van der Waals surface area contributed by atoms with E-state index >= 15 is 0 Å². The number of benzene rings is 1. The van der Waals surface area contributed by atoms with Crippen LogP contribution in [-0.4, -0.2) is 44.7 Å². The Morgan fingerprint density at radius 2 is 2.24 bits per heavy atom. The van der Waals surface area contributed by atoms with Crippen molar-refractivity contribution in [2.45, 2.75) is 38.8 Å². The lowest BCUT2D eigenvalue weighted by Crippen LogP contribution is -2.45. The van der Waals surface area contributed by atoms with Gasteiger partial charge in [0.1, 0.15) is 0 Å². The summed E-state index contributed by atoms with van der Waals surface area (Å²) in [4.78, 5) is 4.92. The number of hydrogen-bond acceptors (Lipinski definition) is 3. The number of nitrogens with zero attached hydrogens (tertiary/aromatic N) is 2. The summed E-state index contributed by atoms with van der Waals surface area (Å²) in [5, 5.41) is 3.53. The summed E-state index contributed by atoms with van der Waals surface area (Å²) in [7, 11) is 4.47. The number of anilines is 1. The quantitative estimate of drug-likeness (QED) is 0.789. The van der Waals surface area contributed by atoms with Crippen molar-refractivity contribution in [3.8, 4) is 0 Å². The molecule has 3 nitrogen and oxygen atoms in total. The maximum Gasteiger partial charge on any atom is 0.0414 e. The van der Waals surface area contributed by atoms with Gasteiger partial charge >= 0.3 is 0 Å². The van der Waals surface area contributed by atoms with E-state index in [0.29, 0.717) is 6.04 Å². The summed E-state index contributed by atoms with van der Waals surface area (Å²) in [6.45, 7) is 6.61. The van der Waals surface area contributed by atoms with Gasteiger partial charge in [0.05, 0.1) is 0 Å². The Morgan fingerprint density at radius 3 is 2.95 bits per heavy atom. The second-order valence-electron chi connectivity index (χ2n) is 6.12. The minimum absolute atomic E-state index is 0.620. The molecule has 1 aromatic carbocycles. The zero-order valence-corrected chi connectivity index (χ0v) is 15.1. The molecular formula is C17H28BrN3. The van der Waals surface area contributed by atoms with Crippen LogP contribution in [0.2, 0.25) is 0 Å². The van der Waals surface area contributed by atoms with E-state index in [-0.39, 0.29) is 0 Å². The van der Waals surface area contributed by atoms with Crippen molar-refractivity contribution in [2.75, 3.05) is 38.6 Å². The van der Waals surface area contributed by atoms with Gasteiger partial charge in [-0.3, -0.25) is 0 Å². The predicted molar refractivity (Wildman–Crippen MR) is 95.1 cm³/mol. The van der Waals surface area contributed by atoms with Crippen LogP contribution in [0.3, 0.4) is 0 Å². The average Bonchev–Trinajstić information content (AvgIpc) is 2.47. The number of likely N-dealkylation sites (N-methyl/N-ethyl adjacent to an activating group) is 2. The van der Waals surface area contributed by atoms with Gasteiger partial charge in [0.2, 0.25) is 0 Å². The number of likely N-dealkylation sites (tertiary alicyclic amines) is 1. The van der Waals surface area contributed by atoms with Gasteiger partial charge in [0.25, 0.3) is 0 Å². The first-order valence-electron chi connectivity index (χ1n) is 8.02. The van der Waals surface area contributed by atoms with E-state index in [1.54, 1.807) is 0 Å². The molecule has 1 aromatic rings. The normalized spacial score (nSPS) is 19.7. The number of hydrogen-bond donors (Lipinski definition) is 1. The van der Waals surface area contributed by atoms with Crippen LogP contribution >= 0.6 is 15.9 Å². The van der Waals surface area contributed by atoms with Crippen molar-refractivity contribution in [1.29, 1.82) is 0 Å². The molecule has 4 heteroatoms. The molecule has 2 rings (SSSR count). The van der Waals surface area contributed by atoms with E-state index in [2.05, 4.69) is 70.3 Å². The minimum Gasteiger partial charge on any atom is -0.370 e. The maximum atomic E-state index is 3.61. The Morgan fingerprint density at radius 1 is 1.43 bits per heavy atom. The highest BCUT2D eigenvalue weighted by atomic mass is 79.9. The second-order valence-corrected chi connectivity index (χ2v) is 7.03. The Balaban J connectivity index is 2.12. The first-order chi connectivity index (χ1) is 10.1. The lowest BCUT2D eigenvalue weighted by molar-refractivity contribution is 0.248. The van der Waals surface area contributed by atoms with Gasteiger partial charge < -0.3 is 15.1 Å². The Labute approximate surface area is 137 Å². The van der Waals surface area contributed by atoms with Gasteiger partial charge in [-0.2, -0.15) is 0 Å². The molecule has 0 radical (unpaired) electrons. The Bertz CT molecular complexity index is 450. The lowest BCUT2D eigenvalue weighted by atomic mass is 10.0. The van der Waals surface area contributed by atoms with Crippen molar-refractivity contribution in [1.82, 2.24) is 10.2 Å².